The molecular weight excluding hydrogens is 270 g/mol. The summed E-state index contributed by atoms with van der Waals surface area (Å²) < 4.78 is 5.70. The molecule has 6 nitrogen and oxygen atoms in total. The van der Waals surface area contributed by atoms with Crippen molar-refractivity contribution in [3.63, 3.8) is 0 Å². The Balaban J connectivity index is 1.82. The van der Waals surface area contributed by atoms with Crippen LogP contribution in [0.25, 0.3) is 11.0 Å². The summed E-state index contributed by atoms with van der Waals surface area (Å²) in [6.45, 7) is 2.25. The van der Waals surface area contributed by atoms with E-state index in [-0.39, 0.29) is 12.3 Å². The SMILES string of the molecule is Cc1ccccc1OCc1nc2ccc([N+](=O)[O-])cc2[nH]1. The number of nitrogens with one attached hydrogen (secondary N) is 1. The summed E-state index contributed by atoms with van der Waals surface area (Å²) in [5.41, 5.74) is 2.40. The van der Waals surface area contributed by atoms with Crippen molar-refractivity contribution in [3.8, 4) is 5.75 Å². The molecule has 3 rings (SSSR count). The number of H-pyrrole nitrogens is 1. The highest BCUT2D eigenvalue weighted by molar-refractivity contribution is 5.77. The lowest BCUT2D eigenvalue weighted by Crippen LogP contribution is -1.98. The van der Waals surface area contributed by atoms with Crippen LogP contribution in [0.4, 0.5) is 5.69 Å². The van der Waals surface area contributed by atoms with Crippen molar-refractivity contribution >= 4 is 16.7 Å². The van der Waals surface area contributed by atoms with Crippen molar-refractivity contribution in [1.82, 2.24) is 9.97 Å². The molecule has 0 amide bonds. The Morgan fingerprint density at radius 1 is 1.29 bits per heavy atom. The average Bonchev–Trinajstić information content (AvgIpc) is 2.88. The molecule has 0 spiro atoms. The van der Waals surface area contributed by atoms with Crippen molar-refractivity contribution in [3.05, 3.63) is 64.0 Å². The second kappa shape index (κ2) is 5.24. The molecule has 106 valence electrons. The van der Waals surface area contributed by atoms with Crippen LogP contribution in [-0.2, 0) is 6.61 Å². The van der Waals surface area contributed by atoms with Gasteiger partial charge in [-0.05, 0) is 24.6 Å². The van der Waals surface area contributed by atoms with E-state index in [4.69, 9.17) is 4.74 Å². The van der Waals surface area contributed by atoms with E-state index in [1.165, 1.54) is 12.1 Å². The number of rotatable bonds is 4. The lowest BCUT2D eigenvalue weighted by atomic mass is 10.2. The number of aromatic nitrogens is 2. The van der Waals surface area contributed by atoms with Gasteiger partial charge in [0.15, 0.2) is 0 Å². The average molecular weight is 283 g/mol. The number of hydrogen-bond acceptors (Lipinski definition) is 4. The van der Waals surface area contributed by atoms with Crippen LogP contribution in [0.3, 0.4) is 0 Å². The van der Waals surface area contributed by atoms with Crippen LogP contribution in [0.2, 0.25) is 0 Å². The summed E-state index contributed by atoms with van der Waals surface area (Å²) in [4.78, 5) is 17.7. The van der Waals surface area contributed by atoms with Crippen molar-refractivity contribution in [1.29, 1.82) is 0 Å². The molecule has 0 atom stereocenters. The number of aromatic amines is 1. The summed E-state index contributed by atoms with van der Waals surface area (Å²) >= 11 is 0. The third-order valence-electron chi connectivity index (χ3n) is 3.18. The number of nitrogens with zero attached hydrogens (tertiary/aromatic N) is 2. The number of para-hydroxylation sites is 1. The predicted molar refractivity (Wildman–Crippen MR) is 78.3 cm³/mol. The highest BCUT2D eigenvalue weighted by Crippen LogP contribution is 2.21. The molecule has 3 aromatic rings. The highest BCUT2D eigenvalue weighted by Gasteiger charge is 2.10. The van der Waals surface area contributed by atoms with Gasteiger partial charge in [0, 0.05) is 12.1 Å². The molecule has 1 heterocycles. The summed E-state index contributed by atoms with van der Waals surface area (Å²) in [5, 5.41) is 10.7. The van der Waals surface area contributed by atoms with Gasteiger partial charge in [0.05, 0.1) is 16.0 Å². The van der Waals surface area contributed by atoms with Crippen LogP contribution >= 0.6 is 0 Å². The highest BCUT2D eigenvalue weighted by atomic mass is 16.6. The quantitative estimate of drug-likeness (QED) is 0.588. The van der Waals surface area contributed by atoms with Crippen molar-refractivity contribution < 1.29 is 9.66 Å². The largest absolute Gasteiger partial charge is 0.485 e. The standard InChI is InChI=1S/C15H13N3O3/c1-10-4-2-3-5-14(10)21-9-15-16-12-7-6-11(18(19)20)8-13(12)17-15/h2-8H,9H2,1H3,(H,16,17). The number of ether oxygens (including phenoxy) is 1. The molecule has 6 heteroatoms. The first-order chi connectivity index (χ1) is 10.1. The molecule has 0 fully saturated rings. The number of aryl methyl sites for hydroxylation is 1. The Kier molecular flexibility index (Phi) is 3.27. The van der Waals surface area contributed by atoms with Gasteiger partial charge < -0.3 is 9.72 Å². The summed E-state index contributed by atoms with van der Waals surface area (Å²) in [7, 11) is 0. The van der Waals surface area contributed by atoms with Crippen molar-refractivity contribution in [2.45, 2.75) is 13.5 Å². The van der Waals surface area contributed by atoms with Gasteiger partial charge in [0.2, 0.25) is 0 Å². The maximum absolute atomic E-state index is 10.7. The minimum atomic E-state index is -0.427. The van der Waals surface area contributed by atoms with E-state index in [1.54, 1.807) is 6.07 Å². The second-order valence-corrected chi connectivity index (χ2v) is 4.70. The zero-order valence-electron chi connectivity index (χ0n) is 11.4. The minimum Gasteiger partial charge on any atom is -0.485 e. The number of fused-ring (bicyclic) bond motifs is 1. The van der Waals surface area contributed by atoms with Gasteiger partial charge in [0.25, 0.3) is 5.69 Å². The van der Waals surface area contributed by atoms with E-state index in [0.29, 0.717) is 16.9 Å². The molecule has 0 saturated carbocycles. The molecule has 1 N–H and O–H groups in total. The van der Waals surface area contributed by atoms with E-state index in [2.05, 4.69) is 9.97 Å². The zero-order valence-corrected chi connectivity index (χ0v) is 11.4. The molecule has 0 saturated heterocycles. The molecule has 0 radical (unpaired) electrons. The number of non-ortho nitro benzene ring substituents is 1. The van der Waals surface area contributed by atoms with E-state index >= 15 is 0 Å². The van der Waals surface area contributed by atoms with Crippen LogP contribution in [0.15, 0.2) is 42.5 Å². The zero-order chi connectivity index (χ0) is 14.8. The van der Waals surface area contributed by atoms with E-state index in [9.17, 15) is 10.1 Å². The summed E-state index contributed by atoms with van der Waals surface area (Å²) in [6.07, 6.45) is 0. The van der Waals surface area contributed by atoms with Gasteiger partial charge in [-0.25, -0.2) is 4.98 Å². The molecule has 0 aliphatic heterocycles. The van der Waals surface area contributed by atoms with Crippen LogP contribution in [0, 0.1) is 17.0 Å². The fourth-order valence-electron chi connectivity index (χ4n) is 2.10. The molecule has 21 heavy (non-hydrogen) atoms. The van der Waals surface area contributed by atoms with Crippen LogP contribution in [0.5, 0.6) is 5.75 Å². The molecule has 0 bridgehead atoms. The first kappa shape index (κ1) is 13.1. The summed E-state index contributed by atoms with van der Waals surface area (Å²) in [5.74, 6) is 1.43. The van der Waals surface area contributed by atoms with Crippen LogP contribution in [-0.4, -0.2) is 14.9 Å². The molecule has 0 unspecified atom stereocenters. The Morgan fingerprint density at radius 2 is 2.10 bits per heavy atom. The maximum atomic E-state index is 10.7. The molecule has 0 aliphatic carbocycles. The molecular formula is C15H13N3O3. The smallest absolute Gasteiger partial charge is 0.271 e. The Labute approximate surface area is 120 Å². The van der Waals surface area contributed by atoms with Crippen LogP contribution in [0.1, 0.15) is 11.4 Å². The Morgan fingerprint density at radius 3 is 2.86 bits per heavy atom. The normalized spacial score (nSPS) is 10.7. The van der Waals surface area contributed by atoms with Gasteiger partial charge in [0.1, 0.15) is 18.2 Å². The van der Waals surface area contributed by atoms with Gasteiger partial charge in [-0.3, -0.25) is 10.1 Å². The fourth-order valence-corrected chi connectivity index (χ4v) is 2.10. The van der Waals surface area contributed by atoms with E-state index < -0.39 is 4.92 Å². The minimum absolute atomic E-state index is 0.0394. The maximum Gasteiger partial charge on any atom is 0.271 e. The number of nitro benzene ring substituents is 1. The number of hydrogen-bond donors (Lipinski definition) is 1. The third-order valence-corrected chi connectivity index (χ3v) is 3.18. The van der Waals surface area contributed by atoms with Gasteiger partial charge in [-0.15, -0.1) is 0 Å². The first-order valence-electron chi connectivity index (χ1n) is 6.45. The Hall–Kier alpha value is -2.89. The van der Waals surface area contributed by atoms with Crippen LogP contribution < -0.4 is 4.74 Å². The third kappa shape index (κ3) is 2.69. The molecule has 1 aromatic heterocycles. The molecule has 0 aliphatic rings. The number of imidazole rings is 1. The topological polar surface area (TPSA) is 81.1 Å². The monoisotopic (exact) mass is 283 g/mol. The lowest BCUT2D eigenvalue weighted by molar-refractivity contribution is -0.384. The Bertz CT molecular complexity index is 811. The van der Waals surface area contributed by atoms with Gasteiger partial charge >= 0.3 is 0 Å². The van der Waals surface area contributed by atoms with Crippen molar-refractivity contribution in [2.24, 2.45) is 0 Å². The second-order valence-electron chi connectivity index (χ2n) is 4.70. The molecule has 2 aromatic carbocycles. The van der Waals surface area contributed by atoms with E-state index in [0.717, 1.165) is 11.3 Å². The predicted octanol–water partition coefficient (Wildman–Crippen LogP) is 3.36. The summed E-state index contributed by atoms with van der Waals surface area (Å²) in [6, 6.07) is 12.3. The van der Waals surface area contributed by atoms with Crippen molar-refractivity contribution in [2.75, 3.05) is 0 Å². The number of nitro groups is 1. The van der Waals surface area contributed by atoms with Gasteiger partial charge in [-0.1, -0.05) is 18.2 Å². The number of benzene rings is 2. The fraction of sp³-hybridized carbons (Fsp3) is 0.133. The first-order valence-corrected chi connectivity index (χ1v) is 6.45. The van der Waals surface area contributed by atoms with Gasteiger partial charge in [-0.2, -0.15) is 0 Å². The van der Waals surface area contributed by atoms with E-state index in [1.807, 2.05) is 31.2 Å². The lowest BCUT2D eigenvalue weighted by Gasteiger charge is -2.06.